The van der Waals surface area contributed by atoms with E-state index in [1.54, 1.807) is 28.8 Å². The summed E-state index contributed by atoms with van der Waals surface area (Å²) in [7, 11) is 1.37. The number of nitrogens with one attached hydrogen (secondary N) is 1. The van der Waals surface area contributed by atoms with Crippen LogP contribution in [-0.2, 0) is 11.3 Å². The maximum atomic E-state index is 13.1. The first kappa shape index (κ1) is 24.9. The largest absolute Gasteiger partial charge is 0.478 e. The van der Waals surface area contributed by atoms with Crippen LogP contribution in [0.15, 0.2) is 48.9 Å². The predicted octanol–water partition coefficient (Wildman–Crippen LogP) is 5.95. The molecule has 9 heteroatoms. The number of methoxy groups -OCH3 is 1. The van der Waals surface area contributed by atoms with Crippen LogP contribution in [0, 0.1) is 30.1 Å². The lowest BCUT2D eigenvalue weighted by molar-refractivity contribution is -0.0638. The van der Waals surface area contributed by atoms with E-state index in [9.17, 15) is 14.7 Å². The highest BCUT2D eigenvalue weighted by Gasteiger charge is 2.51. The van der Waals surface area contributed by atoms with Crippen LogP contribution in [0.2, 0.25) is 0 Å². The SMILES string of the molecule is COC(=O)c1c(-c2cnn(CC34CC5CC(CC(C5)C3)C4)c2C)ccn2c(Nc3ccccc3C(=O)O)cnc12. The number of hydrogen-bond donors (Lipinski definition) is 2. The first-order chi connectivity index (χ1) is 19.3. The molecule has 40 heavy (non-hydrogen) atoms. The Balaban J connectivity index is 1.25. The number of aromatic nitrogens is 4. The van der Waals surface area contributed by atoms with E-state index in [1.165, 1.54) is 51.7 Å². The number of esters is 1. The molecule has 0 radical (unpaired) electrons. The Bertz CT molecular complexity index is 1620. The molecule has 1 aromatic carbocycles. The molecule has 0 spiro atoms. The molecule has 2 N–H and O–H groups in total. The molecule has 3 aromatic heterocycles. The maximum Gasteiger partial charge on any atom is 0.342 e. The lowest BCUT2D eigenvalue weighted by Crippen LogP contribution is -2.48. The van der Waals surface area contributed by atoms with E-state index in [0.29, 0.717) is 28.1 Å². The first-order valence-electron chi connectivity index (χ1n) is 14.0. The summed E-state index contributed by atoms with van der Waals surface area (Å²) in [4.78, 5) is 29.4. The molecule has 4 aliphatic rings. The Morgan fingerprint density at radius 1 is 1.05 bits per heavy atom. The molecule has 4 saturated carbocycles. The minimum atomic E-state index is -1.03. The van der Waals surface area contributed by atoms with E-state index in [2.05, 4.69) is 21.9 Å². The van der Waals surface area contributed by atoms with E-state index in [4.69, 9.17) is 9.84 Å². The van der Waals surface area contributed by atoms with E-state index in [1.807, 2.05) is 18.5 Å². The molecule has 8 rings (SSSR count). The number of carboxylic acid groups (broad SMARTS) is 1. The van der Waals surface area contributed by atoms with Crippen molar-refractivity contribution in [1.29, 1.82) is 0 Å². The van der Waals surface area contributed by atoms with Crippen molar-refractivity contribution >= 4 is 29.1 Å². The normalized spacial score (nSPS) is 24.9. The summed E-state index contributed by atoms with van der Waals surface area (Å²) in [6.07, 6.45) is 13.4. The van der Waals surface area contributed by atoms with Crippen molar-refractivity contribution in [1.82, 2.24) is 19.2 Å². The molecule has 4 aliphatic carbocycles. The van der Waals surface area contributed by atoms with Crippen molar-refractivity contribution < 1.29 is 19.4 Å². The van der Waals surface area contributed by atoms with Gasteiger partial charge < -0.3 is 15.2 Å². The highest BCUT2D eigenvalue weighted by Crippen LogP contribution is 2.60. The minimum absolute atomic E-state index is 0.143. The second kappa shape index (κ2) is 9.21. The number of nitrogens with zero attached hydrogens (tertiary/aromatic N) is 4. The number of carbonyl (C=O) groups excluding carboxylic acids is 1. The Kier molecular flexibility index (Phi) is 5.73. The van der Waals surface area contributed by atoms with E-state index in [-0.39, 0.29) is 5.56 Å². The van der Waals surface area contributed by atoms with Crippen LogP contribution in [-0.4, -0.2) is 43.3 Å². The zero-order chi connectivity index (χ0) is 27.6. The summed E-state index contributed by atoms with van der Waals surface area (Å²) in [5.41, 5.74) is 4.33. The van der Waals surface area contributed by atoms with Gasteiger partial charge in [-0.05, 0) is 86.8 Å². The average molecular weight is 540 g/mol. The summed E-state index contributed by atoms with van der Waals surface area (Å²) in [5.74, 6) is 1.64. The second-order valence-electron chi connectivity index (χ2n) is 12.1. The number of imidazole rings is 1. The summed E-state index contributed by atoms with van der Waals surface area (Å²) in [5, 5.41) is 17.6. The molecule has 9 nitrogen and oxygen atoms in total. The third-order valence-electron chi connectivity index (χ3n) is 9.53. The van der Waals surface area contributed by atoms with E-state index in [0.717, 1.165) is 41.1 Å². The third kappa shape index (κ3) is 3.98. The third-order valence-corrected chi connectivity index (χ3v) is 9.53. The lowest BCUT2D eigenvalue weighted by Gasteiger charge is -2.56. The van der Waals surface area contributed by atoms with Crippen molar-refractivity contribution in [2.45, 2.75) is 52.0 Å². The number of carbonyl (C=O) groups is 2. The number of benzene rings is 1. The average Bonchev–Trinajstić information content (AvgIpc) is 3.49. The molecule has 0 aliphatic heterocycles. The Morgan fingerprint density at radius 3 is 2.42 bits per heavy atom. The van der Waals surface area contributed by atoms with Crippen molar-refractivity contribution in [3.8, 4) is 11.1 Å². The number of pyridine rings is 1. The predicted molar refractivity (Wildman–Crippen MR) is 150 cm³/mol. The Labute approximate surface area is 232 Å². The number of rotatable bonds is 7. The monoisotopic (exact) mass is 539 g/mol. The lowest BCUT2D eigenvalue weighted by atomic mass is 9.49. The van der Waals surface area contributed by atoms with Crippen LogP contribution in [0.3, 0.4) is 0 Å². The van der Waals surface area contributed by atoms with Crippen molar-refractivity contribution in [2.75, 3.05) is 12.4 Å². The minimum Gasteiger partial charge on any atom is -0.478 e. The standard InChI is InChI=1S/C31H33N5O4/c1-18-24(15-33-36(18)17-31-12-19-9-20(13-31)11-21(10-19)14-31)22-7-8-35-26(16-32-28(35)27(22)30(39)40-2)34-25-6-4-3-5-23(25)29(37)38/h3-8,15-16,19-21,34H,9-14,17H2,1-2H3,(H,37,38). The number of ether oxygens (including phenoxy) is 1. The van der Waals surface area contributed by atoms with Gasteiger partial charge in [0.15, 0.2) is 5.65 Å². The van der Waals surface area contributed by atoms with Gasteiger partial charge in [-0.2, -0.15) is 5.10 Å². The summed E-state index contributed by atoms with van der Waals surface area (Å²) in [6.45, 7) is 3.01. The van der Waals surface area contributed by atoms with Gasteiger partial charge in [0.25, 0.3) is 0 Å². The molecule has 4 aromatic rings. The molecule has 0 unspecified atom stereocenters. The maximum absolute atomic E-state index is 13.1. The molecule has 3 heterocycles. The van der Waals surface area contributed by atoms with E-state index < -0.39 is 11.9 Å². The number of anilines is 2. The number of aromatic carboxylic acids is 1. The topological polar surface area (TPSA) is 111 Å². The second-order valence-corrected chi connectivity index (χ2v) is 12.1. The molecule has 4 fully saturated rings. The summed E-state index contributed by atoms with van der Waals surface area (Å²) < 4.78 is 9.09. The van der Waals surface area contributed by atoms with Gasteiger partial charge >= 0.3 is 11.9 Å². The van der Waals surface area contributed by atoms with Gasteiger partial charge in [0, 0.05) is 29.6 Å². The van der Waals surface area contributed by atoms with Gasteiger partial charge in [-0.25, -0.2) is 14.6 Å². The molecular formula is C31H33N5O4. The molecular weight excluding hydrogens is 506 g/mol. The number of para-hydroxylation sites is 1. The molecule has 0 atom stereocenters. The van der Waals surface area contributed by atoms with Crippen LogP contribution in [0.25, 0.3) is 16.8 Å². The quantitative estimate of drug-likeness (QED) is 0.279. The molecule has 4 bridgehead atoms. The summed E-state index contributed by atoms with van der Waals surface area (Å²) in [6, 6.07) is 8.56. The smallest absolute Gasteiger partial charge is 0.342 e. The molecule has 0 saturated heterocycles. The van der Waals surface area contributed by atoms with Gasteiger partial charge in [-0.15, -0.1) is 0 Å². The van der Waals surface area contributed by atoms with Gasteiger partial charge in [0.2, 0.25) is 0 Å². The fraction of sp³-hybridized carbons (Fsp3) is 0.419. The number of carboxylic acids is 1. The van der Waals surface area contributed by atoms with Gasteiger partial charge in [0.05, 0.1) is 30.8 Å². The van der Waals surface area contributed by atoms with Gasteiger partial charge in [0.1, 0.15) is 11.4 Å². The Morgan fingerprint density at radius 2 is 1.75 bits per heavy atom. The zero-order valence-electron chi connectivity index (χ0n) is 22.8. The van der Waals surface area contributed by atoms with E-state index >= 15 is 0 Å². The van der Waals surface area contributed by atoms with Crippen LogP contribution in [0.5, 0.6) is 0 Å². The highest BCUT2D eigenvalue weighted by atomic mass is 16.5. The number of fused-ring (bicyclic) bond motifs is 1. The van der Waals surface area contributed by atoms with Crippen LogP contribution >= 0.6 is 0 Å². The zero-order valence-corrected chi connectivity index (χ0v) is 22.8. The van der Waals surface area contributed by atoms with Crippen molar-refractivity contribution in [2.24, 2.45) is 23.2 Å². The fourth-order valence-electron chi connectivity index (χ4n) is 8.26. The molecule has 206 valence electrons. The number of hydrogen-bond acceptors (Lipinski definition) is 6. The summed E-state index contributed by atoms with van der Waals surface area (Å²) >= 11 is 0. The van der Waals surface area contributed by atoms with Crippen LogP contribution in [0.4, 0.5) is 11.5 Å². The van der Waals surface area contributed by atoms with Crippen LogP contribution < -0.4 is 5.32 Å². The fourth-order valence-corrected chi connectivity index (χ4v) is 8.26. The van der Waals surface area contributed by atoms with Crippen molar-refractivity contribution in [3.63, 3.8) is 0 Å². The van der Waals surface area contributed by atoms with Crippen LogP contribution in [0.1, 0.15) is 64.9 Å². The van der Waals surface area contributed by atoms with Gasteiger partial charge in [-0.3, -0.25) is 9.08 Å². The Hall–Kier alpha value is -4.14. The van der Waals surface area contributed by atoms with Gasteiger partial charge in [-0.1, -0.05) is 12.1 Å². The highest BCUT2D eigenvalue weighted by molar-refractivity contribution is 6.03. The van der Waals surface area contributed by atoms with Crippen molar-refractivity contribution in [3.05, 3.63) is 65.7 Å². The first-order valence-corrected chi connectivity index (χ1v) is 14.0. The molecule has 0 amide bonds.